The predicted molar refractivity (Wildman–Crippen MR) is 78.1 cm³/mol. The third-order valence-corrected chi connectivity index (χ3v) is 4.02. The van der Waals surface area contributed by atoms with Gasteiger partial charge in [-0.3, -0.25) is 0 Å². The summed E-state index contributed by atoms with van der Waals surface area (Å²) >= 11 is 0. The average molecular weight is 265 g/mol. The Kier molecular flexibility index (Phi) is 4.77. The molecule has 1 heterocycles. The highest BCUT2D eigenvalue weighted by Crippen LogP contribution is 2.24. The van der Waals surface area contributed by atoms with Crippen molar-refractivity contribution in [2.45, 2.75) is 25.3 Å². The second-order valence-electron chi connectivity index (χ2n) is 5.47. The van der Waals surface area contributed by atoms with Crippen molar-refractivity contribution in [2.24, 2.45) is 5.73 Å². The molecular weight excluding hydrogens is 241 g/mol. The van der Waals surface area contributed by atoms with E-state index >= 15 is 0 Å². The Bertz CT molecular complexity index is 422. The number of hydrogen-bond acceptors (Lipinski definition) is 3. The molecule has 0 spiro atoms. The van der Waals surface area contributed by atoms with Gasteiger partial charge in [0.25, 0.3) is 0 Å². The van der Waals surface area contributed by atoms with Crippen LogP contribution in [0.15, 0.2) is 18.2 Å². The van der Waals surface area contributed by atoms with E-state index in [1.165, 1.54) is 25.5 Å². The maximum absolute atomic E-state index is 13.3. The van der Waals surface area contributed by atoms with Gasteiger partial charge in [-0.05, 0) is 63.2 Å². The van der Waals surface area contributed by atoms with Crippen LogP contribution in [-0.4, -0.2) is 44.7 Å². The van der Waals surface area contributed by atoms with Crippen LogP contribution in [0.25, 0.3) is 0 Å². The van der Waals surface area contributed by atoms with Crippen molar-refractivity contribution in [1.82, 2.24) is 4.90 Å². The van der Waals surface area contributed by atoms with Crippen LogP contribution >= 0.6 is 0 Å². The van der Waals surface area contributed by atoms with Crippen LogP contribution < -0.4 is 10.6 Å². The summed E-state index contributed by atoms with van der Waals surface area (Å²) in [6.45, 7) is 2.71. The van der Waals surface area contributed by atoms with Gasteiger partial charge >= 0.3 is 0 Å². The Hall–Kier alpha value is -1.13. The molecule has 1 aromatic rings. The molecule has 1 aliphatic rings. The normalized spacial score (nSPS) is 19.9. The highest BCUT2D eigenvalue weighted by molar-refractivity contribution is 5.53. The maximum atomic E-state index is 13.3. The lowest BCUT2D eigenvalue weighted by atomic mass is 10.1. The Morgan fingerprint density at radius 3 is 2.89 bits per heavy atom. The lowest BCUT2D eigenvalue weighted by molar-refractivity contribution is 0.314. The molecule has 0 bridgehead atoms. The molecule has 2 rings (SSSR count). The topological polar surface area (TPSA) is 32.5 Å². The fourth-order valence-corrected chi connectivity index (χ4v) is 2.91. The first kappa shape index (κ1) is 14.3. The monoisotopic (exact) mass is 265 g/mol. The summed E-state index contributed by atoms with van der Waals surface area (Å²) in [4.78, 5) is 4.64. The third kappa shape index (κ3) is 3.45. The molecular formula is C15H24FN3. The van der Waals surface area contributed by atoms with Crippen molar-refractivity contribution in [3.8, 4) is 0 Å². The van der Waals surface area contributed by atoms with Gasteiger partial charge in [0.1, 0.15) is 5.82 Å². The lowest BCUT2D eigenvalue weighted by Crippen LogP contribution is -2.37. The van der Waals surface area contributed by atoms with Crippen molar-refractivity contribution in [3.63, 3.8) is 0 Å². The summed E-state index contributed by atoms with van der Waals surface area (Å²) in [6.07, 6.45) is 3.24. The van der Waals surface area contributed by atoms with Crippen molar-refractivity contribution < 1.29 is 4.39 Å². The smallest absolute Gasteiger partial charge is 0.123 e. The second-order valence-corrected chi connectivity index (χ2v) is 5.47. The first-order chi connectivity index (χ1) is 9.11. The van der Waals surface area contributed by atoms with Crippen LogP contribution in [0.2, 0.25) is 0 Å². The summed E-state index contributed by atoms with van der Waals surface area (Å²) in [7, 11) is 4.26. The number of benzene rings is 1. The molecule has 0 saturated carbocycles. The van der Waals surface area contributed by atoms with Crippen molar-refractivity contribution in [2.75, 3.05) is 38.6 Å². The molecule has 4 heteroatoms. The standard InChI is InChI=1S/C15H24FN3/c1-18-9-3-4-14(18)11-19(2)15-6-5-13(16)10-12(15)7-8-17/h5-6,10,14H,3-4,7-9,11,17H2,1-2H3. The van der Waals surface area contributed by atoms with Crippen molar-refractivity contribution >= 4 is 5.69 Å². The molecule has 3 nitrogen and oxygen atoms in total. The number of nitrogens with zero attached hydrogens (tertiary/aromatic N) is 2. The Labute approximate surface area is 115 Å². The number of rotatable bonds is 5. The van der Waals surface area contributed by atoms with Gasteiger partial charge in [-0.15, -0.1) is 0 Å². The molecule has 2 N–H and O–H groups in total. The minimum atomic E-state index is -0.182. The van der Waals surface area contributed by atoms with E-state index in [4.69, 9.17) is 5.73 Å². The summed E-state index contributed by atoms with van der Waals surface area (Å²) in [5.41, 5.74) is 7.73. The van der Waals surface area contributed by atoms with E-state index in [2.05, 4.69) is 23.9 Å². The molecule has 0 radical (unpaired) electrons. The molecule has 1 aliphatic heterocycles. The number of nitrogens with two attached hydrogens (primary N) is 1. The second kappa shape index (κ2) is 6.35. The van der Waals surface area contributed by atoms with Gasteiger partial charge in [-0.25, -0.2) is 4.39 Å². The van der Waals surface area contributed by atoms with Crippen LogP contribution in [0, 0.1) is 5.82 Å². The minimum absolute atomic E-state index is 0.182. The predicted octanol–water partition coefficient (Wildman–Crippen LogP) is 1.86. The molecule has 106 valence electrons. The first-order valence-electron chi connectivity index (χ1n) is 7.01. The quantitative estimate of drug-likeness (QED) is 0.882. The van der Waals surface area contributed by atoms with E-state index in [1.807, 2.05) is 6.07 Å². The number of hydrogen-bond donors (Lipinski definition) is 1. The van der Waals surface area contributed by atoms with Crippen LogP contribution in [0.5, 0.6) is 0 Å². The van der Waals surface area contributed by atoms with Crippen LogP contribution in [0.1, 0.15) is 18.4 Å². The number of likely N-dealkylation sites (tertiary alicyclic amines) is 1. The largest absolute Gasteiger partial charge is 0.373 e. The van der Waals surface area contributed by atoms with Gasteiger partial charge in [0.2, 0.25) is 0 Å². The average Bonchev–Trinajstić information content (AvgIpc) is 2.75. The molecule has 0 aromatic heterocycles. The minimum Gasteiger partial charge on any atom is -0.373 e. The molecule has 19 heavy (non-hydrogen) atoms. The van der Waals surface area contributed by atoms with E-state index in [0.29, 0.717) is 12.6 Å². The van der Waals surface area contributed by atoms with E-state index in [9.17, 15) is 4.39 Å². The highest BCUT2D eigenvalue weighted by Gasteiger charge is 2.22. The summed E-state index contributed by atoms with van der Waals surface area (Å²) in [5, 5.41) is 0. The lowest BCUT2D eigenvalue weighted by Gasteiger charge is -2.29. The third-order valence-electron chi connectivity index (χ3n) is 4.02. The van der Waals surface area contributed by atoms with Crippen molar-refractivity contribution in [3.05, 3.63) is 29.6 Å². The van der Waals surface area contributed by atoms with Gasteiger partial charge in [0.05, 0.1) is 0 Å². The zero-order valence-electron chi connectivity index (χ0n) is 11.9. The summed E-state index contributed by atoms with van der Waals surface area (Å²) < 4.78 is 13.3. The van der Waals surface area contributed by atoms with E-state index in [-0.39, 0.29) is 5.82 Å². The fraction of sp³-hybridized carbons (Fsp3) is 0.600. The Morgan fingerprint density at radius 1 is 1.47 bits per heavy atom. The van der Waals surface area contributed by atoms with Crippen molar-refractivity contribution in [1.29, 1.82) is 0 Å². The van der Waals surface area contributed by atoms with Crippen LogP contribution in [-0.2, 0) is 6.42 Å². The number of likely N-dealkylation sites (N-methyl/N-ethyl adjacent to an activating group) is 2. The maximum Gasteiger partial charge on any atom is 0.123 e. The molecule has 1 atom stereocenters. The van der Waals surface area contributed by atoms with E-state index in [1.54, 1.807) is 6.07 Å². The SMILES string of the molecule is CN(CC1CCCN1C)c1ccc(F)cc1CCN. The fourth-order valence-electron chi connectivity index (χ4n) is 2.91. The summed E-state index contributed by atoms with van der Waals surface area (Å²) in [6, 6.07) is 5.61. The van der Waals surface area contributed by atoms with Gasteiger partial charge < -0.3 is 15.5 Å². The number of anilines is 1. The van der Waals surface area contributed by atoms with Crippen LogP contribution in [0.4, 0.5) is 10.1 Å². The Morgan fingerprint density at radius 2 is 2.26 bits per heavy atom. The molecule has 1 unspecified atom stereocenters. The molecule has 1 saturated heterocycles. The molecule has 1 aromatic carbocycles. The van der Waals surface area contributed by atoms with Gasteiger partial charge in [-0.1, -0.05) is 0 Å². The molecule has 0 aliphatic carbocycles. The zero-order chi connectivity index (χ0) is 13.8. The van der Waals surface area contributed by atoms with Crippen LogP contribution in [0.3, 0.4) is 0 Å². The summed E-state index contributed by atoms with van der Waals surface area (Å²) in [5.74, 6) is -0.182. The van der Waals surface area contributed by atoms with E-state index < -0.39 is 0 Å². The molecule has 0 amide bonds. The highest BCUT2D eigenvalue weighted by atomic mass is 19.1. The molecule has 1 fully saturated rings. The van der Waals surface area contributed by atoms with Gasteiger partial charge in [-0.2, -0.15) is 0 Å². The number of halogens is 1. The van der Waals surface area contributed by atoms with E-state index in [0.717, 1.165) is 24.2 Å². The Balaban J connectivity index is 2.11. The zero-order valence-corrected chi connectivity index (χ0v) is 11.9. The first-order valence-corrected chi connectivity index (χ1v) is 7.01. The van der Waals surface area contributed by atoms with Gasteiger partial charge in [0, 0.05) is 25.3 Å². The van der Waals surface area contributed by atoms with Gasteiger partial charge in [0.15, 0.2) is 0 Å².